The number of esters is 1. The molecule has 0 saturated carbocycles. The third-order valence-electron chi connectivity index (χ3n) is 2.83. The molecule has 5 heteroatoms. The van der Waals surface area contributed by atoms with Crippen LogP contribution < -0.4 is 5.32 Å². The normalized spacial score (nSPS) is 10.3. The summed E-state index contributed by atoms with van der Waals surface area (Å²) in [5.74, 6) is -0.715. The molecule has 0 aliphatic heterocycles. The number of hydrogen-bond donors (Lipinski definition) is 2. The molecule has 0 saturated heterocycles. The quantitative estimate of drug-likeness (QED) is 0.833. The maximum atomic E-state index is 13.6. The Hall–Kier alpha value is -2.30. The molecule has 0 radical (unpaired) electrons. The fourth-order valence-corrected chi connectivity index (χ4v) is 1.81. The maximum Gasteiger partial charge on any atom is 0.354 e. The number of rotatable bonds is 4. The number of anilines is 1. The summed E-state index contributed by atoms with van der Waals surface area (Å²) < 4.78 is 18.2. The molecule has 4 nitrogen and oxygen atoms in total. The van der Waals surface area contributed by atoms with Gasteiger partial charge in [0.25, 0.3) is 0 Å². The SMILES string of the molecule is COC(=O)c1ccc(CNc2c(C)cccc2F)[nH]1. The maximum absolute atomic E-state index is 13.6. The largest absolute Gasteiger partial charge is 0.464 e. The molecule has 0 amide bonds. The van der Waals surface area contributed by atoms with Crippen LogP contribution in [0.1, 0.15) is 21.7 Å². The number of aromatic amines is 1. The van der Waals surface area contributed by atoms with Gasteiger partial charge in [-0.25, -0.2) is 9.18 Å². The average molecular weight is 262 g/mol. The minimum absolute atomic E-state index is 0.292. The van der Waals surface area contributed by atoms with Crippen molar-refractivity contribution in [2.24, 2.45) is 0 Å². The summed E-state index contributed by atoms with van der Waals surface area (Å²) in [7, 11) is 1.32. The number of aryl methyl sites for hydroxylation is 1. The van der Waals surface area contributed by atoms with Crippen molar-refractivity contribution < 1.29 is 13.9 Å². The van der Waals surface area contributed by atoms with Crippen LogP contribution in [0.2, 0.25) is 0 Å². The number of H-pyrrole nitrogens is 1. The highest BCUT2D eigenvalue weighted by Crippen LogP contribution is 2.19. The van der Waals surface area contributed by atoms with Crippen molar-refractivity contribution in [1.29, 1.82) is 0 Å². The molecule has 0 aliphatic carbocycles. The van der Waals surface area contributed by atoms with Crippen LogP contribution >= 0.6 is 0 Å². The molecular weight excluding hydrogens is 247 g/mol. The van der Waals surface area contributed by atoms with E-state index in [1.807, 2.05) is 13.0 Å². The number of ether oxygens (including phenoxy) is 1. The Kier molecular flexibility index (Phi) is 3.85. The van der Waals surface area contributed by atoms with E-state index in [0.29, 0.717) is 17.9 Å². The van der Waals surface area contributed by atoms with Crippen molar-refractivity contribution in [3.63, 3.8) is 0 Å². The van der Waals surface area contributed by atoms with E-state index in [9.17, 15) is 9.18 Å². The summed E-state index contributed by atoms with van der Waals surface area (Å²) in [5.41, 5.74) is 2.46. The number of para-hydroxylation sites is 1. The summed E-state index contributed by atoms with van der Waals surface area (Å²) >= 11 is 0. The standard InChI is InChI=1S/C14H15FN2O2/c1-9-4-3-5-11(15)13(9)16-8-10-6-7-12(17-10)14(18)19-2/h3-7,16-17H,8H2,1-2H3. The van der Waals surface area contributed by atoms with Crippen LogP contribution in [0.25, 0.3) is 0 Å². The number of halogens is 1. The smallest absolute Gasteiger partial charge is 0.354 e. The number of benzene rings is 1. The monoisotopic (exact) mass is 262 g/mol. The Morgan fingerprint density at radius 3 is 2.84 bits per heavy atom. The lowest BCUT2D eigenvalue weighted by molar-refractivity contribution is 0.0594. The van der Waals surface area contributed by atoms with Crippen LogP contribution in [0.3, 0.4) is 0 Å². The molecule has 0 fully saturated rings. The molecule has 0 bridgehead atoms. The molecule has 100 valence electrons. The zero-order valence-electron chi connectivity index (χ0n) is 10.8. The van der Waals surface area contributed by atoms with E-state index in [-0.39, 0.29) is 5.82 Å². The number of methoxy groups -OCH3 is 1. The van der Waals surface area contributed by atoms with Crippen molar-refractivity contribution in [2.75, 3.05) is 12.4 Å². The lowest BCUT2D eigenvalue weighted by Gasteiger charge is -2.09. The molecule has 1 aromatic heterocycles. The fraction of sp³-hybridized carbons (Fsp3) is 0.214. The van der Waals surface area contributed by atoms with Crippen molar-refractivity contribution >= 4 is 11.7 Å². The molecule has 2 N–H and O–H groups in total. The number of nitrogens with one attached hydrogen (secondary N) is 2. The van der Waals surface area contributed by atoms with Gasteiger partial charge in [-0.1, -0.05) is 12.1 Å². The average Bonchev–Trinajstić information content (AvgIpc) is 2.86. The predicted molar refractivity (Wildman–Crippen MR) is 70.6 cm³/mol. The molecule has 19 heavy (non-hydrogen) atoms. The Labute approximate surface area is 110 Å². The highest BCUT2D eigenvalue weighted by molar-refractivity contribution is 5.87. The summed E-state index contributed by atoms with van der Waals surface area (Å²) in [6.07, 6.45) is 0. The van der Waals surface area contributed by atoms with Crippen LogP contribution in [0, 0.1) is 12.7 Å². The second-order valence-corrected chi connectivity index (χ2v) is 4.17. The van der Waals surface area contributed by atoms with Gasteiger partial charge < -0.3 is 15.0 Å². The highest BCUT2D eigenvalue weighted by atomic mass is 19.1. The van der Waals surface area contributed by atoms with Gasteiger partial charge in [0.15, 0.2) is 0 Å². The molecular formula is C14H15FN2O2. The molecule has 0 unspecified atom stereocenters. The van der Waals surface area contributed by atoms with E-state index < -0.39 is 5.97 Å². The van der Waals surface area contributed by atoms with Crippen LogP contribution in [-0.4, -0.2) is 18.1 Å². The van der Waals surface area contributed by atoms with E-state index in [1.54, 1.807) is 18.2 Å². The lowest BCUT2D eigenvalue weighted by atomic mass is 10.2. The van der Waals surface area contributed by atoms with Gasteiger partial charge in [0.05, 0.1) is 19.3 Å². The van der Waals surface area contributed by atoms with Gasteiger partial charge in [-0.3, -0.25) is 0 Å². The van der Waals surface area contributed by atoms with Crippen LogP contribution in [0.15, 0.2) is 30.3 Å². The Morgan fingerprint density at radius 1 is 1.37 bits per heavy atom. The van der Waals surface area contributed by atoms with E-state index in [4.69, 9.17) is 0 Å². The van der Waals surface area contributed by atoms with Gasteiger partial charge in [-0.2, -0.15) is 0 Å². The summed E-state index contributed by atoms with van der Waals surface area (Å²) in [6, 6.07) is 8.30. The van der Waals surface area contributed by atoms with Crippen molar-refractivity contribution in [2.45, 2.75) is 13.5 Å². The van der Waals surface area contributed by atoms with Crippen LogP contribution in [-0.2, 0) is 11.3 Å². The van der Waals surface area contributed by atoms with Gasteiger partial charge >= 0.3 is 5.97 Å². The van der Waals surface area contributed by atoms with Gasteiger partial charge in [0.1, 0.15) is 11.5 Å². The first-order valence-corrected chi connectivity index (χ1v) is 5.87. The predicted octanol–water partition coefficient (Wildman–Crippen LogP) is 2.86. The first-order chi connectivity index (χ1) is 9.11. The minimum atomic E-state index is -0.423. The Balaban J connectivity index is 2.07. The molecule has 2 rings (SSSR count). The number of aromatic nitrogens is 1. The highest BCUT2D eigenvalue weighted by Gasteiger charge is 2.09. The van der Waals surface area contributed by atoms with Crippen LogP contribution in [0.4, 0.5) is 10.1 Å². The molecule has 0 atom stereocenters. The van der Waals surface area contributed by atoms with Gasteiger partial charge in [-0.15, -0.1) is 0 Å². The summed E-state index contributed by atoms with van der Waals surface area (Å²) in [6.45, 7) is 2.23. The molecule has 0 aliphatic rings. The topological polar surface area (TPSA) is 54.1 Å². The second-order valence-electron chi connectivity index (χ2n) is 4.17. The van der Waals surface area contributed by atoms with Crippen molar-refractivity contribution in [1.82, 2.24) is 4.98 Å². The van der Waals surface area contributed by atoms with E-state index in [1.165, 1.54) is 13.2 Å². The third-order valence-corrected chi connectivity index (χ3v) is 2.83. The molecule has 0 spiro atoms. The van der Waals surface area contributed by atoms with Crippen molar-refractivity contribution in [3.05, 3.63) is 53.1 Å². The number of carbonyl (C=O) groups is 1. The second kappa shape index (κ2) is 5.56. The number of hydrogen-bond acceptors (Lipinski definition) is 3. The van der Waals surface area contributed by atoms with Gasteiger partial charge in [-0.05, 0) is 30.7 Å². The van der Waals surface area contributed by atoms with Crippen molar-refractivity contribution in [3.8, 4) is 0 Å². The number of carbonyl (C=O) groups excluding carboxylic acids is 1. The lowest BCUT2D eigenvalue weighted by Crippen LogP contribution is -2.05. The first-order valence-electron chi connectivity index (χ1n) is 5.87. The van der Waals surface area contributed by atoms with Gasteiger partial charge in [0, 0.05) is 5.69 Å². The summed E-state index contributed by atoms with van der Waals surface area (Å²) in [4.78, 5) is 14.2. The zero-order chi connectivity index (χ0) is 13.8. The Bertz CT molecular complexity index is 573. The Morgan fingerprint density at radius 2 is 2.16 bits per heavy atom. The molecule has 1 aromatic carbocycles. The summed E-state index contributed by atoms with van der Waals surface area (Å²) in [5, 5.41) is 3.01. The van der Waals surface area contributed by atoms with E-state index in [0.717, 1.165) is 11.3 Å². The van der Waals surface area contributed by atoms with Gasteiger partial charge in [0.2, 0.25) is 0 Å². The third kappa shape index (κ3) is 2.93. The minimum Gasteiger partial charge on any atom is -0.464 e. The fourth-order valence-electron chi connectivity index (χ4n) is 1.81. The zero-order valence-corrected chi connectivity index (χ0v) is 10.8. The van der Waals surface area contributed by atoms with E-state index >= 15 is 0 Å². The first kappa shape index (κ1) is 13.1. The molecule has 1 heterocycles. The molecule has 2 aromatic rings. The van der Waals surface area contributed by atoms with Crippen LogP contribution in [0.5, 0.6) is 0 Å². The van der Waals surface area contributed by atoms with E-state index in [2.05, 4.69) is 15.0 Å².